The molecule has 2 N–H and O–H groups in total. The Morgan fingerprint density at radius 2 is 1.60 bits per heavy atom. The predicted molar refractivity (Wildman–Crippen MR) is 136 cm³/mol. The van der Waals surface area contributed by atoms with Crippen LogP contribution in [-0.4, -0.2) is 39.3 Å². The first kappa shape index (κ1) is 24.0. The van der Waals surface area contributed by atoms with Crippen LogP contribution in [0.3, 0.4) is 0 Å². The maximum atomic E-state index is 13.2. The molecule has 4 rings (SSSR count). The smallest absolute Gasteiger partial charge is 0.221 e. The predicted octanol–water partition coefficient (Wildman–Crippen LogP) is 5.04. The summed E-state index contributed by atoms with van der Waals surface area (Å²) in [7, 11) is 6.49. The number of hydrogen-bond donors (Lipinski definition) is 2. The zero-order chi connectivity index (χ0) is 24.8. The van der Waals surface area contributed by atoms with E-state index < -0.39 is 0 Å². The fraction of sp³-hybridized carbons (Fsp3) is 0.250. The van der Waals surface area contributed by atoms with E-state index in [4.69, 9.17) is 18.9 Å². The second kappa shape index (κ2) is 10.9. The normalized spacial score (nSPS) is 11.7. The van der Waals surface area contributed by atoms with Crippen LogP contribution < -0.4 is 24.3 Å². The standard InChI is InChI=1S/C28H30N2O5/c1-32-20-11-8-18(9-12-20)16-30-27(31)15-21(19-10-13-24(33-2)26(14-19)35-4)22-17-29-23-6-5-7-25(34-3)28(22)23/h5-14,17,21,29H,15-16H2,1-4H3,(H,30,31)/t21-/m0/s1. The summed E-state index contributed by atoms with van der Waals surface area (Å²) in [5, 5.41) is 4.01. The largest absolute Gasteiger partial charge is 0.497 e. The molecule has 0 saturated carbocycles. The topological polar surface area (TPSA) is 81.8 Å². The highest BCUT2D eigenvalue weighted by Gasteiger charge is 2.24. The van der Waals surface area contributed by atoms with Crippen molar-refractivity contribution in [2.45, 2.75) is 18.9 Å². The van der Waals surface area contributed by atoms with E-state index in [-0.39, 0.29) is 18.2 Å². The van der Waals surface area contributed by atoms with Gasteiger partial charge in [0.2, 0.25) is 5.91 Å². The summed E-state index contributed by atoms with van der Waals surface area (Å²) in [6, 6.07) is 19.3. The van der Waals surface area contributed by atoms with Gasteiger partial charge in [0, 0.05) is 36.0 Å². The first-order valence-electron chi connectivity index (χ1n) is 11.3. The SMILES string of the molecule is COc1ccc(CNC(=O)C[C@@H](c2ccc(OC)c(OC)c2)c2c[nH]c3cccc(OC)c23)cc1. The van der Waals surface area contributed by atoms with Gasteiger partial charge in [0.1, 0.15) is 11.5 Å². The van der Waals surface area contributed by atoms with Gasteiger partial charge in [-0.05, 0) is 53.1 Å². The highest BCUT2D eigenvalue weighted by atomic mass is 16.5. The number of rotatable bonds is 10. The van der Waals surface area contributed by atoms with Crippen molar-refractivity contribution < 1.29 is 23.7 Å². The zero-order valence-electron chi connectivity index (χ0n) is 20.4. The molecule has 1 atom stereocenters. The highest BCUT2D eigenvalue weighted by Crippen LogP contribution is 2.40. The summed E-state index contributed by atoms with van der Waals surface area (Å²) < 4.78 is 21.8. The van der Waals surface area contributed by atoms with Crippen LogP contribution in [0.2, 0.25) is 0 Å². The summed E-state index contributed by atoms with van der Waals surface area (Å²) in [5.74, 6) is 2.47. The molecule has 0 aliphatic heterocycles. The molecule has 7 nitrogen and oxygen atoms in total. The highest BCUT2D eigenvalue weighted by molar-refractivity contribution is 5.91. The van der Waals surface area contributed by atoms with E-state index in [1.165, 1.54) is 0 Å². The number of hydrogen-bond acceptors (Lipinski definition) is 5. The van der Waals surface area contributed by atoms with Crippen LogP contribution in [0.4, 0.5) is 0 Å². The molecule has 7 heteroatoms. The van der Waals surface area contributed by atoms with Gasteiger partial charge in [-0.3, -0.25) is 4.79 Å². The molecule has 0 aliphatic carbocycles. The van der Waals surface area contributed by atoms with Gasteiger partial charge in [-0.15, -0.1) is 0 Å². The van der Waals surface area contributed by atoms with Gasteiger partial charge in [0.25, 0.3) is 0 Å². The average Bonchev–Trinajstić information content (AvgIpc) is 3.34. The third kappa shape index (κ3) is 5.19. The van der Waals surface area contributed by atoms with Crippen molar-refractivity contribution in [2.75, 3.05) is 28.4 Å². The molecule has 0 spiro atoms. The summed E-state index contributed by atoms with van der Waals surface area (Å²) in [6.45, 7) is 0.429. The zero-order valence-corrected chi connectivity index (χ0v) is 20.4. The number of nitrogens with one attached hydrogen (secondary N) is 2. The van der Waals surface area contributed by atoms with E-state index in [2.05, 4.69) is 10.3 Å². The van der Waals surface area contributed by atoms with Gasteiger partial charge in [0.05, 0.1) is 28.4 Å². The summed E-state index contributed by atoms with van der Waals surface area (Å²) in [6.07, 6.45) is 2.20. The van der Waals surface area contributed by atoms with Crippen molar-refractivity contribution in [2.24, 2.45) is 0 Å². The lowest BCUT2D eigenvalue weighted by Crippen LogP contribution is -2.25. The summed E-state index contributed by atoms with van der Waals surface area (Å²) in [5.41, 5.74) is 3.86. The van der Waals surface area contributed by atoms with Gasteiger partial charge in [-0.2, -0.15) is 0 Å². The molecule has 0 saturated heterocycles. The van der Waals surface area contributed by atoms with E-state index in [1.54, 1.807) is 28.4 Å². The van der Waals surface area contributed by atoms with Crippen LogP contribution in [0.5, 0.6) is 23.0 Å². The molecule has 0 fully saturated rings. The lowest BCUT2D eigenvalue weighted by Gasteiger charge is -2.19. The molecule has 4 aromatic rings. The minimum Gasteiger partial charge on any atom is -0.497 e. The number of amides is 1. The Hall–Kier alpha value is -4.13. The molecule has 182 valence electrons. The van der Waals surface area contributed by atoms with Crippen LogP contribution in [0.1, 0.15) is 29.0 Å². The Balaban J connectivity index is 1.66. The van der Waals surface area contributed by atoms with Crippen LogP contribution >= 0.6 is 0 Å². The molecule has 3 aromatic carbocycles. The second-order valence-electron chi connectivity index (χ2n) is 8.12. The first-order chi connectivity index (χ1) is 17.1. The number of fused-ring (bicyclic) bond motifs is 1. The number of methoxy groups -OCH3 is 4. The minimum atomic E-state index is -0.240. The van der Waals surface area contributed by atoms with Crippen molar-refractivity contribution in [3.63, 3.8) is 0 Å². The number of ether oxygens (including phenoxy) is 4. The van der Waals surface area contributed by atoms with Crippen molar-refractivity contribution in [3.8, 4) is 23.0 Å². The third-order valence-corrected chi connectivity index (χ3v) is 6.14. The number of H-pyrrole nitrogens is 1. The molecule has 0 aliphatic rings. The molecule has 0 bridgehead atoms. The van der Waals surface area contributed by atoms with Crippen molar-refractivity contribution in [1.29, 1.82) is 0 Å². The molecule has 1 heterocycles. The van der Waals surface area contributed by atoms with Crippen LogP contribution in [0.15, 0.2) is 66.9 Å². The van der Waals surface area contributed by atoms with Gasteiger partial charge in [0.15, 0.2) is 11.5 Å². The molecular weight excluding hydrogens is 444 g/mol. The maximum Gasteiger partial charge on any atom is 0.221 e. The Morgan fingerprint density at radius 1 is 0.857 bits per heavy atom. The quantitative estimate of drug-likeness (QED) is 0.337. The number of carbonyl (C=O) groups is 1. The summed E-state index contributed by atoms with van der Waals surface area (Å²) >= 11 is 0. The van der Waals surface area contributed by atoms with E-state index in [0.717, 1.165) is 39.1 Å². The van der Waals surface area contributed by atoms with E-state index in [1.807, 2.05) is 66.9 Å². The number of aromatic amines is 1. The fourth-order valence-corrected chi connectivity index (χ4v) is 4.30. The molecule has 0 radical (unpaired) electrons. The number of carbonyl (C=O) groups excluding carboxylic acids is 1. The van der Waals surface area contributed by atoms with Crippen molar-refractivity contribution in [1.82, 2.24) is 10.3 Å². The van der Waals surface area contributed by atoms with Crippen molar-refractivity contribution in [3.05, 3.63) is 83.6 Å². The Kier molecular flexibility index (Phi) is 7.45. The summed E-state index contributed by atoms with van der Waals surface area (Å²) in [4.78, 5) is 16.5. The third-order valence-electron chi connectivity index (χ3n) is 6.14. The lowest BCUT2D eigenvalue weighted by atomic mass is 9.87. The van der Waals surface area contributed by atoms with Gasteiger partial charge in [-0.1, -0.05) is 24.3 Å². The molecule has 0 unspecified atom stereocenters. The molecule has 35 heavy (non-hydrogen) atoms. The Labute approximate surface area is 205 Å². The average molecular weight is 475 g/mol. The van der Waals surface area contributed by atoms with Crippen LogP contribution in [0, 0.1) is 0 Å². The second-order valence-corrected chi connectivity index (χ2v) is 8.12. The lowest BCUT2D eigenvalue weighted by molar-refractivity contribution is -0.121. The van der Waals surface area contributed by atoms with E-state index in [9.17, 15) is 4.79 Å². The van der Waals surface area contributed by atoms with Crippen LogP contribution in [-0.2, 0) is 11.3 Å². The van der Waals surface area contributed by atoms with Gasteiger partial charge in [-0.25, -0.2) is 0 Å². The molecule has 1 amide bonds. The Bertz CT molecular complexity index is 1300. The van der Waals surface area contributed by atoms with Crippen LogP contribution in [0.25, 0.3) is 10.9 Å². The fourth-order valence-electron chi connectivity index (χ4n) is 4.30. The maximum absolute atomic E-state index is 13.2. The first-order valence-corrected chi connectivity index (χ1v) is 11.3. The van der Waals surface area contributed by atoms with Gasteiger partial charge >= 0.3 is 0 Å². The monoisotopic (exact) mass is 474 g/mol. The number of benzene rings is 3. The minimum absolute atomic E-state index is 0.0650. The number of aromatic nitrogens is 1. The van der Waals surface area contributed by atoms with E-state index >= 15 is 0 Å². The van der Waals surface area contributed by atoms with Gasteiger partial charge < -0.3 is 29.2 Å². The molecule has 1 aromatic heterocycles. The van der Waals surface area contributed by atoms with Crippen molar-refractivity contribution >= 4 is 16.8 Å². The van der Waals surface area contributed by atoms with E-state index in [0.29, 0.717) is 18.0 Å². The molecular formula is C28H30N2O5. The Morgan fingerprint density at radius 3 is 2.29 bits per heavy atom.